The molecule has 0 amide bonds. The largest absolute Gasteiger partial charge is 0.381 e. The highest BCUT2D eigenvalue weighted by Gasteiger charge is 2.20. The molecule has 1 aromatic rings. The van der Waals surface area contributed by atoms with Crippen molar-refractivity contribution >= 4 is 37.5 Å². The summed E-state index contributed by atoms with van der Waals surface area (Å²) in [6, 6.07) is 7.56. The maximum Gasteiger partial charge on any atom is 0.0487 e. The van der Waals surface area contributed by atoms with Crippen molar-refractivity contribution in [2.24, 2.45) is 0 Å². The van der Waals surface area contributed by atoms with Gasteiger partial charge in [0.05, 0.1) is 0 Å². The highest BCUT2D eigenvalue weighted by Crippen LogP contribution is 2.28. The number of hydrogen-bond donors (Lipinski definition) is 1. The van der Waals surface area contributed by atoms with E-state index in [9.17, 15) is 0 Å². The Bertz CT molecular complexity index is 399. The van der Waals surface area contributed by atoms with Crippen molar-refractivity contribution in [3.05, 3.63) is 27.1 Å². The molecule has 4 heteroatoms. The molecule has 0 spiro atoms. The molecule has 1 fully saturated rings. The molecular formula is C14H20Br2N2. The van der Waals surface area contributed by atoms with Crippen LogP contribution in [0.2, 0.25) is 0 Å². The van der Waals surface area contributed by atoms with E-state index < -0.39 is 0 Å². The molecule has 1 heterocycles. The van der Waals surface area contributed by atoms with Crippen LogP contribution in [-0.4, -0.2) is 30.1 Å². The van der Waals surface area contributed by atoms with Crippen molar-refractivity contribution in [2.45, 2.75) is 38.8 Å². The molecule has 0 saturated carbocycles. The topological polar surface area (TPSA) is 15.3 Å². The monoisotopic (exact) mass is 374 g/mol. The summed E-state index contributed by atoms with van der Waals surface area (Å²) in [5.41, 5.74) is 1.20. The normalized spacial score (nSPS) is 18.3. The van der Waals surface area contributed by atoms with Gasteiger partial charge in [0.25, 0.3) is 0 Å². The number of piperidine rings is 1. The molecule has 2 rings (SSSR count). The Morgan fingerprint density at radius 2 is 1.89 bits per heavy atom. The van der Waals surface area contributed by atoms with E-state index in [1.54, 1.807) is 0 Å². The van der Waals surface area contributed by atoms with E-state index in [1.165, 1.54) is 31.6 Å². The maximum absolute atomic E-state index is 3.64. The van der Waals surface area contributed by atoms with Crippen molar-refractivity contribution in [1.82, 2.24) is 4.90 Å². The average molecular weight is 376 g/mol. The Balaban J connectivity index is 1.91. The molecule has 0 aromatic heterocycles. The van der Waals surface area contributed by atoms with Crippen LogP contribution in [-0.2, 0) is 0 Å². The predicted molar refractivity (Wildman–Crippen MR) is 85.2 cm³/mol. The van der Waals surface area contributed by atoms with Crippen LogP contribution in [0.4, 0.5) is 5.69 Å². The maximum atomic E-state index is 3.64. The molecule has 1 aliphatic rings. The lowest BCUT2D eigenvalue weighted by molar-refractivity contribution is 0.177. The Morgan fingerprint density at radius 1 is 1.22 bits per heavy atom. The second kappa shape index (κ2) is 6.40. The standard InChI is InChI=1S/C14H20Br2N2/c1-10(2)18-7-5-12(6-8-18)17-14-4-3-11(15)9-13(14)16/h3-4,9-10,12,17H,5-8H2,1-2H3. The molecule has 1 N–H and O–H groups in total. The minimum Gasteiger partial charge on any atom is -0.381 e. The highest BCUT2D eigenvalue weighted by atomic mass is 79.9. The number of likely N-dealkylation sites (tertiary alicyclic amines) is 1. The first-order chi connectivity index (χ1) is 8.56. The first kappa shape index (κ1) is 14.4. The van der Waals surface area contributed by atoms with Crippen LogP contribution in [0.5, 0.6) is 0 Å². The van der Waals surface area contributed by atoms with Crippen LogP contribution in [0.3, 0.4) is 0 Å². The van der Waals surface area contributed by atoms with Crippen LogP contribution < -0.4 is 5.32 Å². The molecule has 0 unspecified atom stereocenters. The fourth-order valence-corrected chi connectivity index (χ4v) is 3.55. The van der Waals surface area contributed by atoms with Gasteiger partial charge in [0.2, 0.25) is 0 Å². The number of hydrogen-bond acceptors (Lipinski definition) is 2. The molecular weight excluding hydrogens is 356 g/mol. The molecule has 18 heavy (non-hydrogen) atoms. The minimum absolute atomic E-state index is 0.595. The number of benzene rings is 1. The Hall–Kier alpha value is -0.0600. The first-order valence-corrected chi connectivity index (χ1v) is 8.10. The molecule has 1 aliphatic heterocycles. The average Bonchev–Trinajstić information content (AvgIpc) is 2.33. The van der Waals surface area contributed by atoms with Gasteiger partial charge in [-0.05, 0) is 60.8 Å². The molecule has 0 bridgehead atoms. The van der Waals surface area contributed by atoms with E-state index in [0.29, 0.717) is 12.1 Å². The van der Waals surface area contributed by atoms with Crippen molar-refractivity contribution in [3.8, 4) is 0 Å². The van der Waals surface area contributed by atoms with Crippen molar-refractivity contribution in [2.75, 3.05) is 18.4 Å². The lowest BCUT2D eigenvalue weighted by atomic mass is 10.0. The number of rotatable bonds is 3. The van der Waals surface area contributed by atoms with Crippen molar-refractivity contribution in [1.29, 1.82) is 0 Å². The van der Waals surface area contributed by atoms with Gasteiger partial charge in [0.15, 0.2) is 0 Å². The third-order valence-corrected chi connectivity index (χ3v) is 4.70. The lowest BCUT2D eigenvalue weighted by Crippen LogP contribution is -2.42. The smallest absolute Gasteiger partial charge is 0.0487 e. The third kappa shape index (κ3) is 3.72. The summed E-state index contributed by atoms with van der Waals surface area (Å²) in [6.07, 6.45) is 2.45. The van der Waals surface area contributed by atoms with Gasteiger partial charge >= 0.3 is 0 Å². The number of halogens is 2. The van der Waals surface area contributed by atoms with Gasteiger partial charge in [0.1, 0.15) is 0 Å². The van der Waals surface area contributed by atoms with E-state index in [2.05, 4.69) is 74.1 Å². The predicted octanol–water partition coefficient (Wildman–Crippen LogP) is 4.50. The van der Waals surface area contributed by atoms with Crippen LogP contribution >= 0.6 is 31.9 Å². The fraction of sp³-hybridized carbons (Fsp3) is 0.571. The Morgan fingerprint density at radius 3 is 2.44 bits per heavy atom. The van der Waals surface area contributed by atoms with Crippen LogP contribution in [0, 0.1) is 0 Å². The fourth-order valence-electron chi connectivity index (χ4n) is 2.39. The van der Waals surface area contributed by atoms with Crippen LogP contribution in [0.15, 0.2) is 27.1 Å². The molecule has 2 nitrogen and oxygen atoms in total. The van der Waals surface area contributed by atoms with E-state index in [4.69, 9.17) is 0 Å². The quantitative estimate of drug-likeness (QED) is 0.836. The van der Waals surface area contributed by atoms with E-state index in [-0.39, 0.29) is 0 Å². The van der Waals surface area contributed by atoms with Gasteiger partial charge in [-0.3, -0.25) is 0 Å². The van der Waals surface area contributed by atoms with Crippen LogP contribution in [0.1, 0.15) is 26.7 Å². The van der Waals surface area contributed by atoms with E-state index in [1.807, 2.05) is 0 Å². The zero-order valence-electron chi connectivity index (χ0n) is 10.9. The SMILES string of the molecule is CC(C)N1CCC(Nc2ccc(Br)cc2Br)CC1. The van der Waals surface area contributed by atoms with Crippen molar-refractivity contribution in [3.63, 3.8) is 0 Å². The van der Waals surface area contributed by atoms with E-state index in [0.717, 1.165) is 8.95 Å². The minimum atomic E-state index is 0.595. The first-order valence-electron chi connectivity index (χ1n) is 6.52. The summed E-state index contributed by atoms with van der Waals surface area (Å²) in [5, 5.41) is 3.64. The third-order valence-electron chi connectivity index (χ3n) is 3.55. The molecule has 0 atom stereocenters. The molecule has 100 valence electrons. The molecule has 1 saturated heterocycles. The summed E-state index contributed by atoms with van der Waals surface area (Å²) < 4.78 is 2.23. The van der Waals surface area contributed by atoms with Gasteiger partial charge in [0, 0.05) is 39.8 Å². The molecule has 0 aliphatic carbocycles. The lowest BCUT2D eigenvalue weighted by Gasteiger charge is -2.35. The van der Waals surface area contributed by atoms with Gasteiger partial charge < -0.3 is 10.2 Å². The summed E-state index contributed by atoms with van der Waals surface area (Å²) in [6.45, 7) is 6.95. The van der Waals surface area contributed by atoms with Gasteiger partial charge in [-0.2, -0.15) is 0 Å². The Kier molecular flexibility index (Phi) is 5.10. The second-order valence-corrected chi connectivity index (χ2v) is 6.94. The number of nitrogens with zero attached hydrogens (tertiary/aromatic N) is 1. The molecule has 1 aromatic carbocycles. The summed E-state index contributed by atoms with van der Waals surface area (Å²) in [4.78, 5) is 2.55. The van der Waals surface area contributed by atoms with Gasteiger partial charge in [-0.15, -0.1) is 0 Å². The van der Waals surface area contributed by atoms with Gasteiger partial charge in [-0.1, -0.05) is 15.9 Å². The summed E-state index contributed by atoms with van der Waals surface area (Å²) in [5.74, 6) is 0. The zero-order chi connectivity index (χ0) is 13.1. The highest BCUT2D eigenvalue weighted by molar-refractivity contribution is 9.11. The van der Waals surface area contributed by atoms with Gasteiger partial charge in [-0.25, -0.2) is 0 Å². The Labute approximate surface area is 126 Å². The number of anilines is 1. The second-order valence-electron chi connectivity index (χ2n) is 5.17. The number of nitrogens with one attached hydrogen (secondary N) is 1. The summed E-state index contributed by atoms with van der Waals surface area (Å²) in [7, 11) is 0. The van der Waals surface area contributed by atoms with Crippen LogP contribution in [0.25, 0.3) is 0 Å². The molecule has 0 radical (unpaired) electrons. The zero-order valence-corrected chi connectivity index (χ0v) is 14.1. The summed E-state index contributed by atoms with van der Waals surface area (Å²) >= 11 is 7.09. The van der Waals surface area contributed by atoms with Crippen molar-refractivity contribution < 1.29 is 0 Å². The van der Waals surface area contributed by atoms with E-state index >= 15 is 0 Å².